The molecular weight excluding hydrogens is 899 g/mol. The van der Waals surface area contributed by atoms with Crippen LogP contribution in [0.5, 0.6) is 0 Å². The molecule has 1 amide bonds. The number of aliphatic hydroxyl groups is 2. The van der Waals surface area contributed by atoms with Crippen molar-refractivity contribution in [1.82, 2.24) is 5.32 Å². The summed E-state index contributed by atoms with van der Waals surface area (Å²) in [7, 11) is 0. The fourth-order valence-corrected chi connectivity index (χ4v) is 10.1. The van der Waals surface area contributed by atoms with Crippen molar-refractivity contribution in [3.8, 4) is 0 Å². The average Bonchev–Trinajstić information content (AvgIpc) is 3.39. The van der Waals surface area contributed by atoms with Gasteiger partial charge in [-0.1, -0.05) is 294 Å². The maximum absolute atomic E-state index is 12.5. The Morgan fingerprint density at radius 3 is 1.08 bits per heavy atom. The molecule has 6 nitrogen and oxygen atoms in total. The third kappa shape index (κ3) is 59.2. The highest BCUT2D eigenvalue weighted by molar-refractivity contribution is 5.76. The zero-order chi connectivity index (χ0) is 52.9. The number of ether oxygens (including phenoxy) is 1. The van der Waals surface area contributed by atoms with Crippen molar-refractivity contribution in [2.24, 2.45) is 0 Å². The van der Waals surface area contributed by atoms with Crippen LogP contribution in [0.3, 0.4) is 0 Å². The number of aliphatic hydroxyl groups excluding tert-OH is 2. The summed E-state index contributed by atoms with van der Waals surface area (Å²) in [5, 5.41) is 23.3. The van der Waals surface area contributed by atoms with Gasteiger partial charge in [0.15, 0.2) is 0 Å². The van der Waals surface area contributed by atoms with Gasteiger partial charge in [0.1, 0.15) is 0 Å². The quantitative estimate of drug-likeness (QED) is 0.0320. The van der Waals surface area contributed by atoms with Crippen LogP contribution < -0.4 is 5.32 Å². The van der Waals surface area contributed by atoms with Crippen LogP contribution in [0.1, 0.15) is 354 Å². The average molecular weight is 1030 g/mol. The maximum Gasteiger partial charge on any atom is 0.305 e. The van der Waals surface area contributed by atoms with E-state index in [1.165, 1.54) is 270 Å². The molecule has 0 fully saturated rings. The number of nitrogens with one attached hydrogen (secondary N) is 1. The van der Waals surface area contributed by atoms with Gasteiger partial charge in [0, 0.05) is 12.8 Å². The largest absolute Gasteiger partial charge is 0.466 e. The third-order valence-electron chi connectivity index (χ3n) is 15.2. The van der Waals surface area contributed by atoms with E-state index in [-0.39, 0.29) is 18.5 Å². The van der Waals surface area contributed by atoms with Crippen molar-refractivity contribution >= 4 is 11.9 Å². The van der Waals surface area contributed by atoms with Gasteiger partial charge >= 0.3 is 5.97 Å². The summed E-state index contributed by atoms with van der Waals surface area (Å²) in [5.74, 6) is -0.0346. The van der Waals surface area contributed by atoms with E-state index in [0.717, 1.165) is 51.4 Å². The molecule has 0 radical (unpaired) electrons. The van der Waals surface area contributed by atoms with Crippen LogP contribution in [0.25, 0.3) is 0 Å². The molecule has 0 aliphatic rings. The minimum Gasteiger partial charge on any atom is -0.466 e. The number of unbranched alkanes of at least 4 members (excludes halogenated alkanes) is 44. The zero-order valence-electron chi connectivity index (χ0n) is 49.1. The number of allylic oxidation sites excluding steroid dienone is 6. The molecular formula is C67H127NO5. The molecule has 0 saturated carbocycles. The summed E-state index contributed by atoms with van der Waals surface area (Å²) in [5.41, 5.74) is 0. The molecule has 0 aromatic carbocycles. The number of rotatable bonds is 61. The van der Waals surface area contributed by atoms with Gasteiger partial charge in [0.2, 0.25) is 5.91 Å². The van der Waals surface area contributed by atoms with Crippen LogP contribution >= 0.6 is 0 Å². The van der Waals surface area contributed by atoms with Crippen LogP contribution in [0.2, 0.25) is 0 Å². The summed E-state index contributed by atoms with van der Waals surface area (Å²) in [4.78, 5) is 24.5. The first-order valence-electron chi connectivity index (χ1n) is 32.7. The van der Waals surface area contributed by atoms with E-state index in [1.54, 1.807) is 0 Å². The lowest BCUT2D eigenvalue weighted by molar-refractivity contribution is -0.143. The van der Waals surface area contributed by atoms with Crippen LogP contribution in [0, 0.1) is 0 Å². The Morgan fingerprint density at radius 1 is 0.384 bits per heavy atom. The Hall–Kier alpha value is -1.92. The van der Waals surface area contributed by atoms with E-state index < -0.39 is 12.1 Å². The highest BCUT2D eigenvalue weighted by atomic mass is 16.5. The van der Waals surface area contributed by atoms with E-state index in [4.69, 9.17) is 4.74 Å². The van der Waals surface area contributed by atoms with Crippen molar-refractivity contribution in [3.63, 3.8) is 0 Å². The molecule has 0 saturated heterocycles. The minimum atomic E-state index is -0.665. The van der Waals surface area contributed by atoms with Gasteiger partial charge in [-0.15, -0.1) is 0 Å². The molecule has 0 aromatic heterocycles. The highest BCUT2D eigenvalue weighted by Gasteiger charge is 2.20. The number of esters is 1. The van der Waals surface area contributed by atoms with Crippen molar-refractivity contribution < 1.29 is 24.5 Å². The smallest absolute Gasteiger partial charge is 0.305 e. The summed E-state index contributed by atoms with van der Waals surface area (Å²) in [6.45, 7) is 4.94. The second kappa shape index (κ2) is 62.6. The number of carbonyl (C=O) groups excluding carboxylic acids is 2. The van der Waals surface area contributed by atoms with Crippen LogP contribution in [-0.2, 0) is 14.3 Å². The molecule has 2 unspecified atom stereocenters. The normalized spacial score (nSPS) is 12.8. The number of hydrogen-bond acceptors (Lipinski definition) is 5. The summed E-state index contributed by atoms with van der Waals surface area (Å²) >= 11 is 0. The monoisotopic (exact) mass is 1030 g/mol. The predicted molar refractivity (Wildman–Crippen MR) is 319 cm³/mol. The lowest BCUT2D eigenvalue weighted by atomic mass is 10.0. The van der Waals surface area contributed by atoms with Gasteiger partial charge < -0.3 is 20.3 Å². The molecule has 430 valence electrons. The third-order valence-corrected chi connectivity index (χ3v) is 15.2. The second-order valence-electron chi connectivity index (χ2n) is 22.4. The van der Waals surface area contributed by atoms with Crippen molar-refractivity contribution in [1.29, 1.82) is 0 Å². The molecule has 0 bridgehead atoms. The topological polar surface area (TPSA) is 95.9 Å². The van der Waals surface area contributed by atoms with Gasteiger partial charge in [-0.05, 0) is 83.5 Å². The molecule has 2 atom stereocenters. The van der Waals surface area contributed by atoms with Crippen LogP contribution in [0.4, 0.5) is 0 Å². The van der Waals surface area contributed by atoms with Gasteiger partial charge in [-0.2, -0.15) is 0 Å². The Labute approximate surface area is 455 Å². The lowest BCUT2D eigenvalue weighted by Gasteiger charge is -2.22. The fourth-order valence-electron chi connectivity index (χ4n) is 10.1. The Kier molecular flexibility index (Phi) is 61.0. The van der Waals surface area contributed by atoms with E-state index in [2.05, 4.69) is 55.6 Å². The predicted octanol–water partition coefficient (Wildman–Crippen LogP) is 20.8. The van der Waals surface area contributed by atoms with E-state index in [9.17, 15) is 19.8 Å². The van der Waals surface area contributed by atoms with E-state index >= 15 is 0 Å². The van der Waals surface area contributed by atoms with Crippen molar-refractivity contribution in [3.05, 3.63) is 36.5 Å². The zero-order valence-corrected chi connectivity index (χ0v) is 49.1. The van der Waals surface area contributed by atoms with Gasteiger partial charge in [0.05, 0.1) is 25.4 Å². The first-order chi connectivity index (χ1) is 36.0. The molecule has 6 heteroatoms. The van der Waals surface area contributed by atoms with Crippen molar-refractivity contribution in [2.45, 2.75) is 366 Å². The summed E-state index contributed by atoms with van der Waals surface area (Å²) < 4.78 is 5.48. The Bertz CT molecular complexity index is 1180. The lowest BCUT2D eigenvalue weighted by Crippen LogP contribution is -2.45. The summed E-state index contributed by atoms with van der Waals surface area (Å²) in [6, 6.07) is -0.543. The van der Waals surface area contributed by atoms with Gasteiger partial charge in [-0.3, -0.25) is 9.59 Å². The van der Waals surface area contributed by atoms with E-state index in [0.29, 0.717) is 25.9 Å². The Balaban J connectivity index is 3.39. The maximum atomic E-state index is 12.5. The molecule has 0 aliphatic heterocycles. The first kappa shape index (κ1) is 71.1. The SMILES string of the molecule is CCCCC/C=C\C/C=C\CCCCCCCC(=O)OCCCCCCCCCCCCCC/C=C\CCCCCCCCCCCCC(=O)NC(CO)C(O)CCCCCCCCCCCCCCCCC. The molecule has 0 heterocycles. The first-order valence-corrected chi connectivity index (χ1v) is 32.7. The fraction of sp³-hybridized carbons (Fsp3) is 0.881. The Morgan fingerprint density at radius 2 is 0.685 bits per heavy atom. The number of carbonyl (C=O) groups is 2. The van der Waals surface area contributed by atoms with Gasteiger partial charge in [0.25, 0.3) is 0 Å². The molecule has 3 N–H and O–H groups in total. The molecule has 73 heavy (non-hydrogen) atoms. The molecule has 0 spiro atoms. The van der Waals surface area contributed by atoms with Crippen LogP contribution in [-0.4, -0.2) is 47.4 Å². The number of hydrogen-bond donors (Lipinski definition) is 3. The summed E-state index contributed by atoms with van der Waals surface area (Å²) in [6.07, 6.45) is 78.8. The van der Waals surface area contributed by atoms with Gasteiger partial charge in [-0.25, -0.2) is 0 Å². The highest BCUT2D eigenvalue weighted by Crippen LogP contribution is 2.18. The molecule has 0 aromatic rings. The van der Waals surface area contributed by atoms with Crippen LogP contribution in [0.15, 0.2) is 36.5 Å². The second-order valence-corrected chi connectivity index (χ2v) is 22.4. The minimum absolute atomic E-state index is 0.000464. The van der Waals surface area contributed by atoms with E-state index in [1.807, 2.05) is 0 Å². The van der Waals surface area contributed by atoms with Crippen molar-refractivity contribution in [2.75, 3.05) is 13.2 Å². The molecule has 0 rings (SSSR count). The standard InChI is InChI=1S/C67H127NO5/c1-3-5-7-9-11-13-15-17-31-35-39-43-47-51-55-59-65(70)64(63-69)68-66(71)60-56-52-48-44-40-36-33-29-27-25-23-21-19-20-22-24-26-28-30-34-38-42-46-50-54-58-62-73-67(72)61-57-53-49-45-41-37-32-18-16-14-12-10-8-6-4-2/h12,14,18-19,21,32,64-65,69-70H,3-11,13,15-17,20,22-31,33-63H2,1-2H3,(H,68,71)/b14-12-,21-19-,32-18-. The number of amides is 1. The molecule has 0 aliphatic carbocycles.